The van der Waals surface area contributed by atoms with Gasteiger partial charge in [0.05, 0.1) is 0 Å². The lowest BCUT2D eigenvalue weighted by Gasteiger charge is -2.22. The van der Waals surface area contributed by atoms with Crippen LogP contribution in [0.4, 0.5) is 5.69 Å². The Morgan fingerprint density at radius 2 is 1.84 bits per heavy atom. The molecule has 2 aromatic rings. The zero-order chi connectivity index (χ0) is 16.9. The average molecular weight is 362 g/mol. The Hall–Kier alpha value is -2.11. The predicted octanol–water partition coefficient (Wildman–Crippen LogP) is 4.03. The number of pyridine rings is 1. The molecule has 1 aromatic carbocycles. The Morgan fingerprint density at radius 3 is 2.48 bits per heavy atom. The van der Waals surface area contributed by atoms with E-state index in [1.54, 1.807) is 0 Å². The normalized spacial score (nSPS) is 14.5. The third-order valence-corrected chi connectivity index (χ3v) is 4.11. The second-order valence-electron chi connectivity index (χ2n) is 6.20. The fourth-order valence-electron chi connectivity index (χ4n) is 2.99. The van der Waals surface area contributed by atoms with Gasteiger partial charge in [0.2, 0.25) is 5.91 Å². The van der Waals surface area contributed by atoms with Gasteiger partial charge in [-0.3, -0.25) is 9.78 Å². The average Bonchev–Trinajstić information content (AvgIpc) is 2.56. The highest BCUT2D eigenvalue weighted by molar-refractivity contribution is 5.88. The zero-order valence-electron chi connectivity index (χ0n) is 14.5. The van der Waals surface area contributed by atoms with Crippen LogP contribution in [-0.4, -0.2) is 24.0 Å². The topological polar surface area (TPSA) is 63.2 Å². The van der Waals surface area contributed by atoms with Crippen LogP contribution in [0, 0.1) is 6.92 Å². The third kappa shape index (κ3) is 5.44. The molecule has 0 aliphatic carbocycles. The van der Waals surface area contributed by atoms with Crippen molar-refractivity contribution in [2.45, 2.75) is 32.6 Å². The first-order chi connectivity index (χ1) is 11.6. The first kappa shape index (κ1) is 19.2. The van der Waals surface area contributed by atoms with Gasteiger partial charge in [-0.2, -0.15) is 0 Å². The summed E-state index contributed by atoms with van der Waals surface area (Å²) in [5.74, 6) is 1.96. The van der Waals surface area contributed by atoms with Crippen molar-refractivity contribution in [1.29, 1.82) is 0 Å². The van der Waals surface area contributed by atoms with Crippen molar-refractivity contribution in [2.75, 3.05) is 18.4 Å². The molecular formula is C19H24ClN3O2. The number of aryl methyl sites for hydroxylation is 1. The smallest absolute Gasteiger partial charge is 0.221 e. The van der Waals surface area contributed by atoms with Crippen LogP contribution in [0.1, 0.15) is 37.1 Å². The number of aromatic nitrogens is 1. The predicted molar refractivity (Wildman–Crippen MR) is 102 cm³/mol. The van der Waals surface area contributed by atoms with E-state index in [2.05, 4.69) is 10.6 Å². The minimum Gasteiger partial charge on any atom is -0.457 e. The minimum atomic E-state index is -0.0833. The lowest BCUT2D eigenvalue weighted by molar-refractivity contribution is -0.114. The Labute approximate surface area is 154 Å². The fourth-order valence-corrected chi connectivity index (χ4v) is 2.99. The van der Waals surface area contributed by atoms with E-state index in [0.29, 0.717) is 5.92 Å². The number of rotatable bonds is 4. The van der Waals surface area contributed by atoms with Gasteiger partial charge in [-0.15, -0.1) is 12.4 Å². The van der Waals surface area contributed by atoms with Crippen molar-refractivity contribution in [1.82, 2.24) is 10.3 Å². The van der Waals surface area contributed by atoms with Gasteiger partial charge in [-0.05, 0) is 57.1 Å². The van der Waals surface area contributed by atoms with Crippen molar-refractivity contribution < 1.29 is 9.53 Å². The van der Waals surface area contributed by atoms with Crippen LogP contribution in [0.15, 0.2) is 36.4 Å². The van der Waals surface area contributed by atoms with Gasteiger partial charge >= 0.3 is 0 Å². The van der Waals surface area contributed by atoms with Gasteiger partial charge in [-0.25, -0.2) is 0 Å². The van der Waals surface area contributed by atoms with E-state index in [1.807, 2.05) is 43.3 Å². The van der Waals surface area contributed by atoms with Gasteiger partial charge in [0.15, 0.2) is 0 Å². The molecule has 0 unspecified atom stereocenters. The number of piperidine rings is 1. The number of nitrogens with zero attached hydrogens (tertiary/aromatic N) is 1. The van der Waals surface area contributed by atoms with E-state index < -0.39 is 0 Å². The molecule has 25 heavy (non-hydrogen) atoms. The number of halogens is 1. The van der Waals surface area contributed by atoms with Gasteiger partial charge < -0.3 is 15.4 Å². The van der Waals surface area contributed by atoms with Crippen molar-refractivity contribution in [2.24, 2.45) is 0 Å². The van der Waals surface area contributed by atoms with E-state index in [4.69, 9.17) is 9.72 Å². The lowest BCUT2D eigenvalue weighted by Crippen LogP contribution is -2.27. The summed E-state index contributed by atoms with van der Waals surface area (Å²) in [5, 5.41) is 6.13. The van der Waals surface area contributed by atoms with Gasteiger partial charge in [0.25, 0.3) is 0 Å². The van der Waals surface area contributed by atoms with Crippen LogP contribution in [-0.2, 0) is 4.79 Å². The maximum atomic E-state index is 11.1. The maximum Gasteiger partial charge on any atom is 0.221 e. The Balaban J connectivity index is 0.00000225. The number of hydrogen-bond acceptors (Lipinski definition) is 4. The van der Waals surface area contributed by atoms with Crippen LogP contribution in [0.2, 0.25) is 0 Å². The molecule has 1 aromatic heterocycles. The number of carbonyl (C=O) groups is 1. The monoisotopic (exact) mass is 361 g/mol. The van der Waals surface area contributed by atoms with E-state index in [1.165, 1.54) is 6.92 Å². The molecule has 134 valence electrons. The molecule has 0 bridgehead atoms. The Kier molecular flexibility index (Phi) is 6.79. The van der Waals surface area contributed by atoms with Crippen LogP contribution < -0.4 is 15.4 Å². The van der Waals surface area contributed by atoms with Crippen LogP contribution in [0.3, 0.4) is 0 Å². The molecular weight excluding hydrogens is 338 g/mol. The molecule has 2 N–H and O–H groups in total. The number of benzene rings is 1. The molecule has 3 rings (SSSR count). The summed E-state index contributed by atoms with van der Waals surface area (Å²) in [5.41, 5.74) is 2.84. The first-order valence-corrected chi connectivity index (χ1v) is 8.35. The molecule has 1 aliphatic rings. The summed E-state index contributed by atoms with van der Waals surface area (Å²) < 4.78 is 5.98. The van der Waals surface area contributed by atoms with Gasteiger partial charge in [0.1, 0.15) is 11.5 Å². The van der Waals surface area contributed by atoms with Crippen LogP contribution >= 0.6 is 12.4 Å². The second-order valence-corrected chi connectivity index (χ2v) is 6.20. The molecule has 0 radical (unpaired) electrons. The quantitative estimate of drug-likeness (QED) is 0.863. The van der Waals surface area contributed by atoms with Crippen LogP contribution in [0.25, 0.3) is 0 Å². The molecule has 5 nitrogen and oxygen atoms in total. The number of carbonyl (C=O) groups excluding carboxylic acids is 1. The number of nitrogens with one attached hydrogen (secondary N) is 2. The van der Waals surface area contributed by atoms with E-state index in [-0.39, 0.29) is 18.3 Å². The summed E-state index contributed by atoms with van der Waals surface area (Å²) in [6, 6.07) is 11.4. The summed E-state index contributed by atoms with van der Waals surface area (Å²) in [6.07, 6.45) is 2.22. The van der Waals surface area contributed by atoms with Gasteiger partial charge in [-0.1, -0.05) is 0 Å². The number of hydrogen-bond donors (Lipinski definition) is 2. The molecule has 1 amide bonds. The lowest BCUT2D eigenvalue weighted by atomic mass is 9.94. The van der Waals surface area contributed by atoms with Gasteiger partial charge in [0, 0.05) is 42.0 Å². The maximum absolute atomic E-state index is 11.1. The highest BCUT2D eigenvalue weighted by Gasteiger charge is 2.17. The highest BCUT2D eigenvalue weighted by Crippen LogP contribution is 2.29. The van der Waals surface area contributed by atoms with Crippen molar-refractivity contribution in [3.63, 3.8) is 0 Å². The summed E-state index contributed by atoms with van der Waals surface area (Å²) in [7, 11) is 0. The third-order valence-electron chi connectivity index (χ3n) is 4.11. The van der Waals surface area contributed by atoms with Crippen molar-refractivity contribution >= 4 is 24.0 Å². The summed E-state index contributed by atoms with van der Waals surface area (Å²) in [4.78, 5) is 15.8. The standard InChI is InChI=1S/C19H23N3O2.ClH/c1-13-11-18(12-19(21-13)15-7-9-20-10-8-15)24-17-5-3-16(4-6-17)22-14(2)23;/h3-6,11-12,15,20H,7-10H2,1-2H3,(H,22,23);1H. The Bertz CT molecular complexity index is 713. The number of anilines is 1. The molecule has 2 heterocycles. The summed E-state index contributed by atoms with van der Waals surface area (Å²) in [6.45, 7) is 5.58. The van der Waals surface area contributed by atoms with Crippen LogP contribution in [0.5, 0.6) is 11.5 Å². The van der Waals surface area contributed by atoms with E-state index in [0.717, 1.165) is 54.5 Å². The second kappa shape index (κ2) is 8.83. The fraction of sp³-hybridized carbons (Fsp3) is 0.368. The molecule has 1 saturated heterocycles. The molecule has 0 spiro atoms. The van der Waals surface area contributed by atoms with Crippen molar-refractivity contribution in [3.05, 3.63) is 47.8 Å². The molecule has 0 saturated carbocycles. The Morgan fingerprint density at radius 1 is 1.16 bits per heavy atom. The number of ether oxygens (including phenoxy) is 1. The molecule has 1 aliphatic heterocycles. The molecule has 6 heteroatoms. The van der Waals surface area contributed by atoms with E-state index in [9.17, 15) is 4.79 Å². The minimum absolute atomic E-state index is 0. The summed E-state index contributed by atoms with van der Waals surface area (Å²) >= 11 is 0. The van der Waals surface area contributed by atoms with Crippen molar-refractivity contribution in [3.8, 4) is 11.5 Å². The molecule has 0 atom stereocenters. The zero-order valence-corrected chi connectivity index (χ0v) is 15.4. The highest BCUT2D eigenvalue weighted by atomic mass is 35.5. The SMILES string of the molecule is CC(=O)Nc1ccc(Oc2cc(C)nc(C3CCNCC3)c2)cc1.Cl. The number of amides is 1. The first-order valence-electron chi connectivity index (χ1n) is 8.35. The molecule has 1 fully saturated rings. The largest absolute Gasteiger partial charge is 0.457 e. The van der Waals surface area contributed by atoms with E-state index >= 15 is 0 Å².